The van der Waals surface area contributed by atoms with Crippen molar-refractivity contribution in [1.29, 1.82) is 0 Å². The maximum atomic E-state index is 12.9. The first-order valence-corrected chi connectivity index (χ1v) is 6.04. The molecule has 0 amide bonds. The Morgan fingerprint density at radius 1 is 1.00 bits per heavy atom. The first kappa shape index (κ1) is 11.0. The van der Waals surface area contributed by atoms with E-state index in [1.807, 2.05) is 12.1 Å². The smallest absolute Gasteiger partial charge is 0.135 e. The van der Waals surface area contributed by atoms with E-state index in [4.69, 9.17) is 4.42 Å². The predicted octanol–water partition coefficient (Wildman–Crippen LogP) is 4.80. The van der Waals surface area contributed by atoms with E-state index in [9.17, 15) is 4.39 Å². The second-order valence-electron chi connectivity index (χ2n) is 4.34. The average Bonchev–Trinajstić information content (AvgIpc) is 2.82. The van der Waals surface area contributed by atoms with Crippen molar-refractivity contribution < 1.29 is 8.81 Å². The number of benzene rings is 2. The van der Waals surface area contributed by atoms with Crippen LogP contribution < -0.4 is 0 Å². The van der Waals surface area contributed by atoms with Crippen LogP contribution in [0, 0.1) is 5.82 Å². The summed E-state index contributed by atoms with van der Waals surface area (Å²) in [7, 11) is 0. The molecule has 0 bridgehead atoms. The second-order valence-corrected chi connectivity index (χ2v) is 4.34. The Labute approximate surface area is 105 Å². The van der Waals surface area contributed by atoms with Crippen molar-refractivity contribution in [3.05, 3.63) is 59.9 Å². The molecule has 0 N–H and O–H groups in total. The maximum absolute atomic E-state index is 12.9. The lowest BCUT2D eigenvalue weighted by molar-refractivity contribution is 0.623. The minimum Gasteiger partial charge on any atom is -0.456 e. The zero-order chi connectivity index (χ0) is 12.5. The second kappa shape index (κ2) is 4.30. The lowest BCUT2D eigenvalue weighted by atomic mass is 10.1. The molecule has 1 nitrogen and oxygen atoms in total. The molecule has 0 saturated carbocycles. The largest absolute Gasteiger partial charge is 0.456 e. The highest BCUT2D eigenvalue weighted by Gasteiger charge is 2.06. The molecule has 90 valence electrons. The number of furan rings is 1. The number of halogens is 1. The van der Waals surface area contributed by atoms with Crippen LogP contribution in [0.25, 0.3) is 22.3 Å². The molecular weight excluding hydrogens is 227 g/mol. The van der Waals surface area contributed by atoms with Crippen LogP contribution in [0.5, 0.6) is 0 Å². The fourth-order valence-corrected chi connectivity index (χ4v) is 2.07. The van der Waals surface area contributed by atoms with E-state index < -0.39 is 0 Å². The van der Waals surface area contributed by atoms with Gasteiger partial charge in [0.1, 0.15) is 17.2 Å². The van der Waals surface area contributed by atoms with Gasteiger partial charge in [-0.05, 0) is 54.4 Å². The highest BCUT2D eigenvalue weighted by atomic mass is 19.1. The summed E-state index contributed by atoms with van der Waals surface area (Å²) < 4.78 is 18.6. The molecule has 1 heterocycles. The van der Waals surface area contributed by atoms with Crippen molar-refractivity contribution in [2.45, 2.75) is 13.3 Å². The van der Waals surface area contributed by atoms with E-state index in [0.717, 1.165) is 28.7 Å². The maximum Gasteiger partial charge on any atom is 0.135 e. The summed E-state index contributed by atoms with van der Waals surface area (Å²) in [5.41, 5.74) is 3.05. The minimum atomic E-state index is -0.233. The number of fused-ring (bicyclic) bond motifs is 1. The van der Waals surface area contributed by atoms with Gasteiger partial charge >= 0.3 is 0 Å². The molecular formula is C16H13FO. The predicted molar refractivity (Wildman–Crippen MR) is 71.0 cm³/mol. The van der Waals surface area contributed by atoms with Crippen molar-refractivity contribution in [1.82, 2.24) is 0 Å². The van der Waals surface area contributed by atoms with Crippen LogP contribution in [0.1, 0.15) is 12.5 Å². The normalized spacial score (nSPS) is 11.0. The fraction of sp³-hybridized carbons (Fsp3) is 0.125. The van der Waals surface area contributed by atoms with Crippen LogP contribution in [0.4, 0.5) is 4.39 Å². The van der Waals surface area contributed by atoms with Crippen LogP contribution in [-0.2, 0) is 6.42 Å². The Morgan fingerprint density at radius 2 is 1.78 bits per heavy atom. The van der Waals surface area contributed by atoms with Gasteiger partial charge < -0.3 is 4.42 Å². The zero-order valence-electron chi connectivity index (χ0n) is 10.1. The summed E-state index contributed by atoms with van der Waals surface area (Å²) in [6.45, 7) is 2.13. The molecule has 0 aliphatic heterocycles. The Kier molecular flexibility index (Phi) is 2.63. The molecule has 0 aliphatic rings. The van der Waals surface area contributed by atoms with Crippen molar-refractivity contribution in [2.24, 2.45) is 0 Å². The van der Waals surface area contributed by atoms with E-state index in [2.05, 4.69) is 19.1 Å². The van der Waals surface area contributed by atoms with Crippen LogP contribution in [0.2, 0.25) is 0 Å². The lowest BCUT2D eigenvalue weighted by Gasteiger charge is -1.95. The summed E-state index contributed by atoms with van der Waals surface area (Å²) in [6.07, 6.45) is 1.01. The van der Waals surface area contributed by atoms with E-state index in [1.165, 1.54) is 17.7 Å². The van der Waals surface area contributed by atoms with E-state index in [-0.39, 0.29) is 5.82 Å². The monoisotopic (exact) mass is 240 g/mol. The molecule has 0 fully saturated rings. The molecule has 0 spiro atoms. The molecule has 0 atom stereocenters. The quantitative estimate of drug-likeness (QED) is 0.627. The van der Waals surface area contributed by atoms with Gasteiger partial charge in [0, 0.05) is 10.9 Å². The molecule has 3 rings (SSSR count). The van der Waals surface area contributed by atoms with Crippen LogP contribution >= 0.6 is 0 Å². The van der Waals surface area contributed by atoms with Gasteiger partial charge in [0.25, 0.3) is 0 Å². The Bertz CT molecular complexity index is 680. The number of aryl methyl sites for hydroxylation is 1. The first-order chi connectivity index (χ1) is 8.76. The summed E-state index contributed by atoms with van der Waals surface area (Å²) in [5, 5.41) is 1.09. The van der Waals surface area contributed by atoms with Crippen LogP contribution in [-0.4, -0.2) is 0 Å². The van der Waals surface area contributed by atoms with E-state index in [1.54, 1.807) is 12.1 Å². The summed E-state index contributed by atoms with van der Waals surface area (Å²) >= 11 is 0. The highest BCUT2D eigenvalue weighted by Crippen LogP contribution is 2.28. The minimum absolute atomic E-state index is 0.233. The third-order valence-corrected chi connectivity index (χ3v) is 3.12. The Hall–Kier alpha value is -2.09. The molecule has 3 aromatic rings. The summed E-state index contributed by atoms with van der Waals surface area (Å²) in [6, 6.07) is 14.5. The third-order valence-electron chi connectivity index (χ3n) is 3.12. The lowest BCUT2D eigenvalue weighted by Crippen LogP contribution is -1.76. The van der Waals surface area contributed by atoms with Crippen LogP contribution in [0.3, 0.4) is 0 Å². The zero-order valence-corrected chi connectivity index (χ0v) is 10.1. The molecule has 2 aromatic carbocycles. The Morgan fingerprint density at radius 3 is 2.50 bits per heavy atom. The van der Waals surface area contributed by atoms with Gasteiger partial charge in [0.15, 0.2) is 0 Å². The molecule has 1 aromatic heterocycles. The number of hydrogen-bond acceptors (Lipinski definition) is 1. The van der Waals surface area contributed by atoms with Gasteiger partial charge in [-0.1, -0.05) is 13.0 Å². The third kappa shape index (κ3) is 1.90. The van der Waals surface area contributed by atoms with E-state index in [0.29, 0.717) is 0 Å². The van der Waals surface area contributed by atoms with Gasteiger partial charge in [0.2, 0.25) is 0 Å². The number of rotatable bonds is 2. The van der Waals surface area contributed by atoms with Gasteiger partial charge in [0.05, 0.1) is 0 Å². The molecule has 0 unspecified atom stereocenters. The van der Waals surface area contributed by atoms with Crippen LogP contribution in [0.15, 0.2) is 52.9 Å². The Balaban J connectivity index is 2.10. The molecule has 0 radical (unpaired) electrons. The average molecular weight is 240 g/mol. The fourth-order valence-electron chi connectivity index (χ4n) is 2.07. The topological polar surface area (TPSA) is 13.1 Å². The molecule has 0 aliphatic carbocycles. The standard InChI is InChI=1S/C16H13FO/c1-2-11-3-8-15-13(9-11)10-16(18-15)12-4-6-14(17)7-5-12/h3-10H,2H2,1H3. The summed E-state index contributed by atoms with van der Waals surface area (Å²) in [5.74, 6) is 0.543. The SMILES string of the molecule is CCc1ccc2oc(-c3ccc(F)cc3)cc2c1. The molecule has 18 heavy (non-hydrogen) atoms. The van der Waals surface area contributed by atoms with Gasteiger partial charge in [-0.25, -0.2) is 4.39 Å². The van der Waals surface area contributed by atoms with Gasteiger partial charge in [-0.2, -0.15) is 0 Å². The van der Waals surface area contributed by atoms with E-state index >= 15 is 0 Å². The molecule has 0 saturated heterocycles. The van der Waals surface area contributed by atoms with Gasteiger partial charge in [-0.15, -0.1) is 0 Å². The van der Waals surface area contributed by atoms with Crippen molar-refractivity contribution in [3.63, 3.8) is 0 Å². The van der Waals surface area contributed by atoms with Crippen molar-refractivity contribution >= 4 is 11.0 Å². The summed E-state index contributed by atoms with van der Waals surface area (Å²) in [4.78, 5) is 0. The highest BCUT2D eigenvalue weighted by molar-refractivity contribution is 5.83. The van der Waals surface area contributed by atoms with Crippen molar-refractivity contribution in [3.8, 4) is 11.3 Å². The van der Waals surface area contributed by atoms with Gasteiger partial charge in [-0.3, -0.25) is 0 Å². The molecule has 2 heteroatoms. The number of hydrogen-bond donors (Lipinski definition) is 0. The van der Waals surface area contributed by atoms with Crippen molar-refractivity contribution in [2.75, 3.05) is 0 Å². The first-order valence-electron chi connectivity index (χ1n) is 6.04.